The maximum absolute atomic E-state index is 11.7. The predicted octanol–water partition coefficient (Wildman–Crippen LogP) is 3.91. The highest BCUT2D eigenvalue weighted by Gasteiger charge is 2.38. The molecule has 1 fully saturated rings. The highest BCUT2D eigenvalue weighted by atomic mass is 32.1. The lowest BCUT2D eigenvalue weighted by molar-refractivity contribution is 0.0813. The van der Waals surface area contributed by atoms with E-state index < -0.39 is 0 Å². The van der Waals surface area contributed by atoms with Crippen molar-refractivity contribution < 1.29 is 14.3 Å². The van der Waals surface area contributed by atoms with Crippen molar-refractivity contribution in [3.63, 3.8) is 0 Å². The van der Waals surface area contributed by atoms with Gasteiger partial charge in [0.1, 0.15) is 17.1 Å². The molecule has 0 unspecified atom stereocenters. The highest BCUT2D eigenvalue weighted by Crippen LogP contribution is 2.47. The van der Waals surface area contributed by atoms with Crippen LogP contribution in [0.25, 0.3) is 5.57 Å². The summed E-state index contributed by atoms with van der Waals surface area (Å²) in [6, 6.07) is 9.86. The average molecular weight is 355 g/mol. The fourth-order valence-electron chi connectivity index (χ4n) is 3.58. The minimum Gasteiger partial charge on any atom is -0.496 e. The topological polar surface area (TPSA) is 47.6 Å². The van der Waals surface area contributed by atoms with Gasteiger partial charge in [-0.1, -0.05) is 6.07 Å². The number of thiophene rings is 1. The zero-order valence-corrected chi connectivity index (χ0v) is 15.2. The first kappa shape index (κ1) is 16.4. The molecule has 4 nitrogen and oxygen atoms in total. The average Bonchev–Trinajstić information content (AvgIpc) is 3.11. The summed E-state index contributed by atoms with van der Waals surface area (Å²) in [5.41, 5.74) is 1.80. The van der Waals surface area contributed by atoms with Crippen molar-refractivity contribution in [3.05, 3.63) is 51.7 Å². The Morgan fingerprint density at radius 1 is 1.24 bits per heavy atom. The Bertz CT molecular complexity index is 846. The van der Waals surface area contributed by atoms with E-state index >= 15 is 0 Å². The molecule has 0 amide bonds. The van der Waals surface area contributed by atoms with Gasteiger partial charge in [-0.25, -0.2) is 0 Å². The first-order valence-corrected chi connectivity index (χ1v) is 9.35. The van der Waals surface area contributed by atoms with E-state index in [4.69, 9.17) is 9.47 Å². The lowest BCUT2D eigenvalue weighted by Gasteiger charge is -2.40. The van der Waals surface area contributed by atoms with Crippen LogP contribution < -0.4 is 14.8 Å². The molecule has 2 aliphatic rings. The summed E-state index contributed by atoms with van der Waals surface area (Å²) in [5, 5.41) is 3.40. The summed E-state index contributed by atoms with van der Waals surface area (Å²) in [4.78, 5) is 13.6. The summed E-state index contributed by atoms with van der Waals surface area (Å²) in [6.07, 6.45) is 4.10. The van der Waals surface area contributed by atoms with Crippen molar-refractivity contribution in [2.75, 3.05) is 20.2 Å². The minimum atomic E-state index is -0.291. The van der Waals surface area contributed by atoms with Crippen LogP contribution in [0.5, 0.6) is 11.5 Å². The molecule has 130 valence electrons. The number of hydrogen-bond donors (Lipinski definition) is 1. The van der Waals surface area contributed by atoms with Crippen molar-refractivity contribution in [1.29, 1.82) is 0 Å². The predicted molar refractivity (Wildman–Crippen MR) is 99.9 cm³/mol. The van der Waals surface area contributed by atoms with E-state index in [1.54, 1.807) is 14.0 Å². The summed E-state index contributed by atoms with van der Waals surface area (Å²) in [6.45, 7) is 3.48. The second kappa shape index (κ2) is 6.32. The molecule has 1 spiro atoms. The Morgan fingerprint density at radius 2 is 2.04 bits per heavy atom. The Labute approximate surface area is 151 Å². The molecule has 1 aromatic carbocycles. The molecule has 0 radical (unpaired) electrons. The van der Waals surface area contributed by atoms with Crippen molar-refractivity contribution in [3.8, 4) is 11.5 Å². The number of ketones is 1. The summed E-state index contributed by atoms with van der Waals surface area (Å²) >= 11 is 1.53. The maximum atomic E-state index is 11.7. The van der Waals surface area contributed by atoms with Gasteiger partial charge in [-0.05, 0) is 50.4 Å². The number of piperidine rings is 1. The summed E-state index contributed by atoms with van der Waals surface area (Å²) < 4.78 is 12.0. The fraction of sp³-hybridized carbons (Fsp3) is 0.350. The number of nitrogens with one attached hydrogen (secondary N) is 1. The van der Waals surface area contributed by atoms with E-state index in [0.717, 1.165) is 58.3 Å². The Morgan fingerprint density at radius 3 is 2.72 bits per heavy atom. The van der Waals surface area contributed by atoms with Crippen LogP contribution in [0.2, 0.25) is 0 Å². The van der Waals surface area contributed by atoms with Crippen LogP contribution in [0.3, 0.4) is 0 Å². The van der Waals surface area contributed by atoms with E-state index in [9.17, 15) is 4.79 Å². The Kier molecular flexibility index (Phi) is 4.13. The van der Waals surface area contributed by atoms with Crippen LogP contribution >= 0.6 is 11.3 Å². The zero-order valence-electron chi connectivity index (χ0n) is 14.4. The normalized spacial score (nSPS) is 18.2. The number of rotatable bonds is 3. The second-order valence-corrected chi connectivity index (χ2v) is 7.61. The number of fused-ring (bicyclic) bond motifs is 1. The molecule has 1 N–H and O–H groups in total. The fourth-order valence-corrected chi connectivity index (χ4v) is 4.50. The Balaban J connectivity index is 1.88. The monoisotopic (exact) mass is 355 g/mol. The lowest BCUT2D eigenvalue weighted by atomic mass is 9.85. The minimum absolute atomic E-state index is 0.0979. The summed E-state index contributed by atoms with van der Waals surface area (Å²) in [5.74, 6) is 1.75. The molecule has 25 heavy (non-hydrogen) atoms. The number of carbonyl (C=O) groups is 1. The number of ether oxygens (including phenoxy) is 2. The largest absolute Gasteiger partial charge is 0.496 e. The maximum Gasteiger partial charge on any atom is 0.169 e. The molecule has 0 atom stereocenters. The standard InChI is InChI=1S/C20H21NO3S/c1-13(22)17-6-7-18(25-17)14-12-20(8-10-21-11-9-20)24-16-5-3-4-15(23-2)19(14)16/h3-7,12,21H,8-11H2,1-2H3. The number of methoxy groups -OCH3 is 1. The van der Waals surface area contributed by atoms with E-state index in [2.05, 4.69) is 11.4 Å². The molecule has 0 aliphatic carbocycles. The van der Waals surface area contributed by atoms with Crippen molar-refractivity contribution in [1.82, 2.24) is 5.32 Å². The SMILES string of the molecule is COc1cccc2c1C(c1ccc(C(C)=O)s1)=CC1(CCNCC1)O2. The number of benzene rings is 1. The first-order chi connectivity index (χ1) is 12.1. The van der Waals surface area contributed by atoms with Gasteiger partial charge in [0, 0.05) is 23.3 Å². The molecule has 4 rings (SSSR count). The van der Waals surface area contributed by atoms with Gasteiger partial charge < -0.3 is 14.8 Å². The highest BCUT2D eigenvalue weighted by molar-refractivity contribution is 7.15. The zero-order chi connectivity index (χ0) is 17.4. The molecule has 2 aliphatic heterocycles. The smallest absolute Gasteiger partial charge is 0.169 e. The third-order valence-corrected chi connectivity index (χ3v) is 6.09. The number of Topliss-reactive ketones (excluding diaryl/α,β-unsaturated/α-hetero) is 1. The molecule has 0 bridgehead atoms. The molecule has 2 aromatic rings. The second-order valence-electron chi connectivity index (χ2n) is 6.53. The molecular formula is C20H21NO3S. The van der Waals surface area contributed by atoms with Gasteiger partial charge in [0.2, 0.25) is 0 Å². The van der Waals surface area contributed by atoms with Crippen LogP contribution in [0.15, 0.2) is 36.4 Å². The van der Waals surface area contributed by atoms with Gasteiger partial charge in [0.15, 0.2) is 5.78 Å². The van der Waals surface area contributed by atoms with E-state index in [1.165, 1.54) is 11.3 Å². The molecular weight excluding hydrogens is 334 g/mol. The van der Waals surface area contributed by atoms with Gasteiger partial charge >= 0.3 is 0 Å². The van der Waals surface area contributed by atoms with Crippen LogP contribution in [0.4, 0.5) is 0 Å². The van der Waals surface area contributed by atoms with Crippen LogP contribution in [-0.4, -0.2) is 31.6 Å². The molecule has 3 heterocycles. The van der Waals surface area contributed by atoms with Gasteiger partial charge in [-0.2, -0.15) is 0 Å². The number of hydrogen-bond acceptors (Lipinski definition) is 5. The quantitative estimate of drug-likeness (QED) is 0.848. The molecule has 5 heteroatoms. The van der Waals surface area contributed by atoms with Gasteiger partial charge in [0.05, 0.1) is 17.6 Å². The van der Waals surface area contributed by atoms with Crippen LogP contribution in [-0.2, 0) is 0 Å². The van der Waals surface area contributed by atoms with Gasteiger partial charge in [-0.3, -0.25) is 4.79 Å². The Hall–Kier alpha value is -2.11. The van der Waals surface area contributed by atoms with E-state index in [-0.39, 0.29) is 11.4 Å². The molecule has 1 aromatic heterocycles. The van der Waals surface area contributed by atoms with Crippen LogP contribution in [0.1, 0.15) is 39.9 Å². The third kappa shape index (κ3) is 2.87. The van der Waals surface area contributed by atoms with Gasteiger partial charge in [0.25, 0.3) is 0 Å². The van der Waals surface area contributed by atoms with E-state index in [1.807, 2.05) is 30.3 Å². The lowest BCUT2D eigenvalue weighted by Crippen LogP contribution is -2.46. The van der Waals surface area contributed by atoms with E-state index in [0.29, 0.717) is 0 Å². The first-order valence-electron chi connectivity index (χ1n) is 8.53. The third-order valence-electron chi connectivity index (χ3n) is 4.87. The van der Waals surface area contributed by atoms with Crippen LogP contribution in [0, 0.1) is 0 Å². The van der Waals surface area contributed by atoms with Crippen molar-refractivity contribution >= 4 is 22.7 Å². The summed E-state index contributed by atoms with van der Waals surface area (Å²) in [7, 11) is 1.68. The van der Waals surface area contributed by atoms with Gasteiger partial charge in [-0.15, -0.1) is 11.3 Å². The molecule has 1 saturated heterocycles. The molecule has 0 saturated carbocycles. The van der Waals surface area contributed by atoms with Crippen molar-refractivity contribution in [2.24, 2.45) is 0 Å². The number of carbonyl (C=O) groups excluding carboxylic acids is 1. The van der Waals surface area contributed by atoms with Crippen molar-refractivity contribution in [2.45, 2.75) is 25.4 Å².